The lowest BCUT2D eigenvalue weighted by molar-refractivity contribution is 0.0954. The van der Waals surface area contributed by atoms with Crippen LogP contribution in [0.5, 0.6) is 17.2 Å². The van der Waals surface area contributed by atoms with E-state index < -0.39 is 0 Å². The van der Waals surface area contributed by atoms with Gasteiger partial charge in [0.05, 0.1) is 14.2 Å². The molecule has 0 spiro atoms. The highest BCUT2D eigenvalue weighted by molar-refractivity contribution is 5.96. The van der Waals surface area contributed by atoms with Gasteiger partial charge in [0, 0.05) is 30.8 Å². The fourth-order valence-electron chi connectivity index (χ4n) is 5.57. The zero-order valence-corrected chi connectivity index (χ0v) is 25.3. The van der Waals surface area contributed by atoms with Crippen molar-refractivity contribution >= 4 is 5.91 Å². The molecule has 1 aliphatic rings. The minimum absolute atomic E-state index is 0.159. The van der Waals surface area contributed by atoms with Gasteiger partial charge in [0.1, 0.15) is 29.2 Å². The van der Waals surface area contributed by atoms with E-state index in [0.29, 0.717) is 24.3 Å². The van der Waals surface area contributed by atoms with Crippen molar-refractivity contribution in [1.82, 2.24) is 10.2 Å². The highest BCUT2D eigenvalue weighted by Crippen LogP contribution is 2.34. The van der Waals surface area contributed by atoms with Crippen molar-refractivity contribution in [2.45, 2.75) is 32.3 Å². The van der Waals surface area contributed by atoms with Gasteiger partial charge < -0.3 is 24.4 Å². The van der Waals surface area contributed by atoms with Gasteiger partial charge in [-0.3, -0.25) is 4.79 Å². The third-order valence-electron chi connectivity index (χ3n) is 8.02. The summed E-state index contributed by atoms with van der Waals surface area (Å²) in [5.41, 5.74) is 5.97. The third kappa shape index (κ3) is 7.35. The molecule has 7 heteroatoms. The first-order chi connectivity index (χ1) is 20.8. The van der Waals surface area contributed by atoms with Crippen LogP contribution in [0.4, 0.5) is 4.39 Å². The monoisotopic (exact) mass is 582 g/mol. The summed E-state index contributed by atoms with van der Waals surface area (Å²) in [6, 6.07) is 23.8. The number of hydrogen-bond donors (Lipinski definition) is 1. The fraction of sp³-hybridized carbons (Fsp3) is 0.306. The number of hydrogen-bond acceptors (Lipinski definition) is 5. The summed E-state index contributed by atoms with van der Waals surface area (Å²) in [6.07, 6.45) is 2.69. The van der Waals surface area contributed by atoms with Gasteiger partial charge in [0.25, 0.3) is 5.91 Å². The van der Waals surface area contributed by atoms with Gasteiger partial charge >= 0.3 is 0 Å². The van der Waals surface area contributed by atoms with E-state index in [0.717, 1.165) is 70.8 Å². The molecule has 1 amide bonds. The second-order valence-electron chi connectivity index (χ2n) is 11.1. The average molecular weight is 583 g/mol. The van der Waals surface area contributed by atoms with Gasteiger partial charge in [-0.05, 0) is 110 Å². The molecule has 0 saturated carbocycles. The van der Waals surface area contributed by atoms with Gasteiger partial charge in [-0.1, -0.05) is 30.3 Å². The fourth-order valence-corrected chi connectivity index (χ4v) is 5.57. The molecular weight excluding hydrogens is 543 g/mol. The molecular formula is C36H39FN2O4. The average Bonchev–Trinajstić information content (AvgIpc) is 3.02. The predicted octanol–water partition coefficient (Wildman–Crippen LogP) is 6.93. The molecule has 1 heterocycles. The summed E-state index contributed by atoms with van der Waals surface area (Å²) in [5.74, 6) is 1.74. The summed E-state index contributed by atoms with van der Waals surface area (Å²) in [5, 5.41) is 3.07. The Balaban J connectivity index is 1.34. The van der Waals surface area contributed by atoms with Crippen LogP contribution < -0.4 is 19.5 Å². The molecule has 224 valence electrons. The Bertz CT molecular complexity index is 1580. The maximum absolute atomic E-state index is 14.3. The summed E-state index contributed by atoms with van der Waals surface area (Å²) >= 11 is 0. The molecule has 1 N–H and O–H groups in total. The van der Waals surface area contributed by atoms with Gasteiger partial charge in [0.15, 0.2) is 0 Å². The van der Waals surface area contributed by atoms with E-state index in [1.165, 1.54) is 6.07 Å². The largest absolute Gasteiger partial charge is 0.497 e. The van der Waals surface area contributed by atoms with E-state index in [1.54, 1.807) is 38.5 Å². The molecule has 0 atom stereocenters. The van der Waals surface area contributed by atoms with E-state index in [4.69, 9.17) is 14.2 Å². The molecule has 1 fully saturated rings. The summed E-state index contributed by atoms with van der Waals surface area (Å²) in [6.45, 7) is 4.47. The van der Waals surface area contributed by atoms with Gasteiger partial charge in [-0.2, -0.15) is 0 Å². The Kier molecular flexibility index (Phi) is 9.62. The minimum atomic E-state index is -0.290. The topological polar surface area (TPSA) is 60.0 Å². The Morgan fingerprint density at radius 2 is 1.63 bits per heavy atom. The van der Waals surface area contributed by atoms with Crippen LogP contribution in [0.1, 0.15) is 34.3 Å². The number of halogens is 1. The van der Waals surface area contributed by atoms with Crippen LogP contribution in [-0.2, 0) is 6.42 Å². The number of carbonyl (C=O) groups is 1. The third-order valence-corrected chi connectivity index (χ3v) is 8.02. The van der Waals surface area contributed by atoms with Crippen molar-refractivity contribution in [3.05, 3.63) is 101 Å². The Morgan fingerprint density at radius 3 is 2.35 bits per heavy atom. The standard InChI is InChI=1S/C36H39FN2O4/c1-24-19-27(32(25-7-5-9-29(37)20-25)23-35(24)43-30-14-17-39(2)18-15-30)13-16-38-36(40)28-11-12-34(42-4)33(22-28)26-8-6-10-31(21-26)41-3/h5-12,19-23,30H,13-18H2,1-4H3,(H,38,40). The van der Waals surface area contributed by atoms with Crippen LogP contribution in [0.2, 0.25) is 0 Å². The SMILES string of the molecule is COc1cccc(-c2cc(C(=O)NCCc3cc(C)c(OC4CCN(C)CC4)cc3-c3cccc(F)c3)ccc2OC)c1. The first kappa shape index (κ1) is 30.1. The number of methoxy groups -OCH3 is 2. The van der Waals surface area contributed by atoms with Crippen LogP contribution in [0, 0.1) is 12.7 Å². The molecule has 4 aromatic carbocycles. The van der Waals surface area contributed by atoms with Crippen molar-refractivity contribution in [3.8, 4) is 39.5 Å². The second kappa shape index (κ2) is 13.7. The number of piperidine rings is 1. The first-order valence-corrected chi connectivity index (χ1v) is 14.7. The summed E-state index contributed by atoms with van der Waals surface area (Å²) in [7, 11) is 5.37. The van der Waals surface area contributed by atoms with Crippen LogP contribution in [0.25, 0.3) is 22.3 Å². The molecule has 1 aliphatic heterocycles. The lowest BCUT2D eigenvalue weighted by atomic mass is 9.94. The number of aryl methyl sites for hydroxylation is 1. The zero-order chi connectivity index (χ0) is 30.3. The van der Waals surface area contributed by atoms with Crippen molar-refractivity contribution in [2.75, 3.05) is 40.9 Å². The molecule has 4 aromatic rings. The number of amides is 1. The highest BCUT2D eigenvalue weighted by Gasteiger charge is 2.20. The van der Waals surface area contributed by atoms with Gasteiger partial charge in [0.2, 0.25) is 0 Å². The van der Waals surface area contributed by atoms with Gasteiger partial charge in [-0.25, -0.2) is 4.39 Å². The predicted molar refractivity (Wildman–Crippen MR) is 169 cm³/mol. The van der Waals surface area contributed by atoms with Crippen LogP contribution in [0.3, 0.4) is 0 Å². The number of ether oxygens (including phenoxy) is 3. The quantitative estimate of drug-likeness (QED) is 0.220. The summed E-state index contributed by atoms with van der Waals surface area (Å²) < 4.78 is 31.7. The zero-order valence-electron chi connectivity index (χ0n) is 25.3. The molecule has 0 unspecified atom stereocenters. The molecule has 6 nitrogen and oxygen atoms in total. The van der Waals surface area contributed by atoms with Crippen LogP contribution in [0.15, 0.2) is 78.9 Å². The number of nitrogens with one attached hydrogen (secondary N) is 1. The lowest BCUT2D eigenvalue weighted by Gasteiger charge is -2.30. The molecule has 0 aromatic heterocycles. The number of nitrogens with zero attached hydrogens (tertiary/aromatic N) is 1. The van der Waals surface area contributed by atoms with Crippen molar-refractivity contribution in [3.63, 3.8) is 0 Å². The molecule has 0 radical (unpaired) electrons. The normalized spacial score (nSPS) is 13.9. The lowest BCUT2D eigenvalue weighted by Crippen LogP contribution is -2.35. The van der Waals surface area contributed by atoms with Crippen molar-refractivity contribution in [1.29, 1.82) is 0 Å². The van der Waals surface area contributed by atoms with E-state index >= 15 is 0 Å². The molecule has 1 saturated heterocycles. The molecule has 43 heavy (non-hydrogen) atoms. The summed E-state index contributed by atoms with van der Waals surface area (Å²) in [4.78, 5) is 15.6. The van der Waals surface area contributed by atoms with E-state index in [2.05, 4.69) is 23.3 Å². The Hall–Kier alpha value is -4.36. The van der Waals surface area contributed by atoms with E-state index in [9.17, 15) is 9.18 Å². The number of carbonyl (C=O) groups excluding carboxylic acids is 1. The van der Waals surface area contributed by atoms with E-state index in [1.807, 2.05) is 49.4 Å². The highest BCUT2D eigenvalue weighted by atomic mass is 19.1. The maximum atomic E-state index is 14.3. The first-order valence-electron chi connectivity index (χ1n) is 14.7. The number of benzene rings is 4. The molecule has 5 rings (SSSR count). The number of rotatable bonds is 10. The maximum Gasteiger partial charge on any atom is 0.251 e. The Morgan fingerprint density at radius 1 is 0.884 bits per heavy atom. The smallest absolute Gasteiger partial charge is 0.251 e. The van der Waals surface area contributed by atoms with Gasteiger partial charge in [-0.15, -0.1) is 0 Å². The minimum Gasteiger partial charge on any atom is -0.497 e. The molecule has 0 bridgehead atoms. The van der Waals surface area contributed by atoms with Crippen LogP contribution in [-0.4, -0.2) is 57.8 Å². The molecule has 0 aliphatic carbocycles. The Labute approximate surface area is 253 Å². The van der Waals surface area contributed by atoms with Crippen molar-refractivity contribution < 1.29 is 23.4 Å². The second-order valence-corrected chi connectivity index (χ2v) is 11.1. The van der Waals surface area contributed by atoms with E-state index in [-0.39, 0.29) is 17.8 Å². The number of likely N-dealkylation sites (tertiary alicyclic amines) is 1. The van der Waals surface area contributed by atoms with Crippen LogP contribution >= 0.6 is 0 Å². The van der Waals surface area contributed by atoms with Crippen molar-refractivity contribution in [2.24, 2.45) is 0 Å².